The third-order valence-electron chi connectivity index (χ3n) is 3.55. The summed E-state index contributed by atoms with van der Waals surface area (Å²) < 4.78 is 8.18. The van der Waals surface area contributed by atoms with Crippen LogP contribution in [-0.2, 0) is 11.2 Å². The van der Waals surface area contributed by atoms with Crippen molar-refractivity contribution in [2.24, 2.45) is 0 Å². The Labute approximate surface area is 144 Å². The van der Waals surface area contributed by atoms with Gasteiger partial charge in [-0.1, -0.05) is 0 Å². The van der Waals surface area contributed by atoms with Gasteiger partial charge in [-0.05, 0) is 0 Å². The van der Waals surface area contributed by atoms with Crippen LogP contribution < -0.4 is 26.2 Å². The first-order valence-corrected chi connectivity index (χ1v) is 10.1. The van der Waals surface area contributed by atoms with Gasteiger partial charge in [0.15, 0.2) is 0 Å². The number of ether oxygens (including phenoxy) is 1. The number of rotatable bonds is 5. The molecular formula is C18H14IN2O2-. The Morgan fingerprint density at radius 1 is 1.30 bits per heavy atom. The third-order valence-corrected chi connectivity index (χ3v) is 5.43. The standard InChI is InChI=1S/C18H14IN2O2/c1-19-21-9-7-15-16(8-10-22)18(6-5-17(15)21)23-14-4-2-3-13(11-14)12-20/h2-7,9-11H,8H2,1H3/q-1. The van der Waals surface area contributed by atoms with E-state index < -0.39 is 0 Å². The summed E-state index contributed by atoms with van der Waals surface area (Å²) >= 11 is -0.0921. The van der Waals surface area contributed by atoms with Gasteiger partial charge in [0.25, 0.3) is 0 Å². The number of fused-ring (bicyclic) bond motifs is 1. The first-order chi connectivity index (χ1) is 11.3. The van der Waals surface area contributed by atoms with E-state index in [1.54, 1.807) is 24.3 Å². The number of hydrogen-bond donors (Lipinski definition) is 0. The number of alkyl halides is 1. The van der Waals surface area contributed by atoms with E-state index in [9.17, 15) is 4.79 Å². The Morgan fingerprint density at radius 2 is 2.17 bits per heavy atom. The molecule has 23 heavy (non-hydrogen) atoms. The zero-order valence-electron chi connectivity index (χ0n) is 12.5. The first-order valence-electron chi connectivity index (χ1n) is 7.01. The van der Waals surface area contributed by atoms with Crippen LogP contribution in [0.5, 0.6) is 11.5 Å². The molecule has 3 rings (SSSR count). The average Bonchev–Trinajstić information content (AvgIpc) is 3.00. The molecule has 0 aliphatic heterocycles. The van der Waals surface area contributed by atoms with E-state index in [4.69, 9.17) is 10.00 Å². The number of carbonyl (C=O) groups excluding carboxylic acids is 1. The van der Waals surface area contributed by atoms with E-state index in [0.29, 0.717) is 23.5 Å². The molecule has 0 atom stereocenters. The summed E-state index contributed by atoms with van der Waals surface area (Å²) in [5, 5.41) is 10.0. The van der Waals surface area contributed by atoms with Crippen LogP contribution in [-0.4, -0.2) is 14.0 Å². The molecule has 4 nitrogen and oxygen atoms in total. The summed E-state index contributed by atoms with van der Waals surface area (Å²) in [4.78, 5) is 13.3. The van der Waals surface area contributed by atoms with E-state index in [2.05, 4.69) is 20.0 Å². The molecule has 3 aromatic rings. The van der Waals surface area contributed by atoms with Gasteiger partial charge in [0.05, 0.1) is 0 Å². The van der Waals surface area contributed by atoms with Crippen LogP contribution in [0, 0.1) is 11.3 Å². The van der Waals surface area contributed by atoms with Crippen molar-refractivity contribution in [2.75, 3.05) is 4.93 Å². The quantitative estimate of drug-likeness (QED) is 0.346. The molecule has 0 spiro atoms. The molecule has 0 amide bonds. The molecule has 0 bridgehead atoms. The number of benzene rings is 2. The Morgan fingerprint density at radius 3 is 2.91 bits per heavy atom. The van der Waals surface area contributed by atoms with Gasteiger partial charge in [-0.15, -0.1) is 0 Å². The van der Waals surface area contributed by atoms with Crippen molar-refractivity contribution >= 4 is 17.2 Å². The normalized spacial score (nSPS) is 10.6. The second-order valence-electron chi connectivity index (χ2n) is 4.88. The van der Waals surface area contributed by atoms with Crippen LogP contribution >= 0.6 is 0 Å². The summed E-state index contributed by atoms with van der Waals surface area (Å²) in [6, 6.07) is 15.1. The summed E-state index contributed by atoms with van der Waals surface area (Å²) in [7, 11) is 0. The number of aldehydes is 1. The minimum absolute atomic E-state index is 0.0921. The molecular weight excluding hydrogens is 403 g/mol. The van der Waals surface area contributed by atoms with Crippen molar-refractivity contribution < 1.29 is 31.0 Å². The van der Waals surface area contributed by atoms with Crippen molar-refractivity contribution in [3.8, 4) is 17.6 Å². The van der Waals surface area contributed by atoms with Gasteiger partial charge >= 0.3 is 145 Å². The van der Waals surface area contributed by atoms with Crippen LogP contribution in [0.25, 0.3) is 10.9 Å². The van der Waals surface area contributed by atoms with Crippen LogP contribution in [0.2, 0.25) is 0 Å². The summed E-state index contributed by atoms with van der Waals surface area (Å²) in [6.07, 6.45) is 3.26. The maximum absolute atomic E-state index is 11.1. The second-order valence-corrected chi connectivity index (χ2v) is 6.89. The molecule has 2 aromatic carbocycles. The second kappa shape index (κ2) is 6.84. The van der Waals surface area contributed by atoms with Crippen molar-refractivity contribution in [1.82, 2.24) is 2.78 Å². The summed E-state index contributed by atoms with van der Waals surface area (Å²) in [6.45, 7) is 0. The summed E-state index contributed by atoms with van der Waals surface area (Å²) in [5.74, 6) is 1.25. The zero-order chi connectivity index (χ0) is 16.2. The van der Waals surface area contributed by atoms with Gasteiger partial charge in [-0.3, -0.25) is 0 Å². The molecule has 116 valence electrons. The number of nitrogens with zero attached hydrogens (tertiary/aromatic N) is 2. The Kier molecular flexibility index (Phi) is 4.63. The summed E-state index contributed by atoms with van der Waals surface area (Å²) in [5.41, 5.74) is 2.56. The SMILES string of the molecule is C[I-]n1ccc2c(CC=O)c(Oc3cccc(C#N)c3)ccc21. The molecule has 5 heteroatoms. The number of nitriles is 1. The topological polar surface area (TPSA) is 55.0 Å². The van der Waals surface area contributed by atoms with Crippen molar-refractivity contribution in [3.63, 3.8) is 0 Å². The maximum atomic E-state index is 11.1. The Bertz CT molecular complexity index is 909. The zero-order valence-corrected chi connectivity index (χ0v) is 14.6. The van der Waals surface area contributed by atoms with E-state index in [-0.39, 0.29) is 21.5 Å². The molecule has 0 fully saturated rings. The van der Waals surface area contributed by atoms with Crippen molar-refractivity contribution in [2.45, 2.75) is 6.42 Å². The third kappa shape index (κ3) is 3.08. The number of aromatic nitrogens is 1. The number of carbonyl (C=O) groups is 1. The Hall–Kier alpha value is -2.33. The predicted octanol–water partition coefficient (Wildman–Crippen LogP) is 0.529. The van der Waals surface area contributed by atoms with Crippen LogP contribution in [0.4, 0.5) is 0 Å². The van der Waals surface area contributed by atoms with E-state index in [0.717, 1.165) is 22.8 Å². The fourth-order valence-corrected chi connectivity index (χ4v) is 3.94. The Balaban J connectivity index is 2.07. The molecule has 0 aliphatic rings. The molecule has 0 N–H and O–H groups in total. The van der Waals surface area contributed by atoms with Crippen LogP contribution in [0.3, 0.4) is 0 Å². The molecule has 0 saturated heterocycles. The molecule has 0 unspecified atom stereocenters. The van der Waals surface area contributed by atoms with Gasteiger partial charge in [0.2, 0.25) is 0 Å². The monoisotopic (exact) mass is 417 g/mol. The first kappa shape index (κ1) is 15.6. The predicted molar refractivity (Wildman–Crippen MR) is 84.3 cm³/mol. The molecule has 1 aromatic heterocycles. The van der Waals surface area contributed by atoms with Crippen LogP contribution in [0.1, 0.15) is 11.1 Å². The number of halogens is 1. The van der Waals surface area contributed by atoms with Gasteiger partial charge in [0, 0.05) is 0 Å². The van der Waals surface area contributed by atoms with Crippen molar-refractivity contribution in [3.05, 3.63) is 59.8 Å². The van der Waals surface area contributed by atoms with Crippen molar-refractivity contribution in [1.29, 1.82) is 5.26 Å². The molecule has 1 heterocycles. The fourth-order valence-electron chi connectivity index (χ4n) is 2.52. The van der Waals surface area contributed by atoms with Gasteiger partial charge in [-0.25, -0.2) is 0 Å². The molecule has 0 radical (unpaired) electrons. The number of hydrogen-bond acceptors (Lipinski definition) is 3. The molecule has 0 aliphatic carbocycles. The molecule has 0 saturated carbocycles. The van der Waals surface area contributed by atoms with E-state index in [1.165, 1.54) is 0 Å². The van der Waals surface area contributed by atoms with E-state index >= 15 is 0 Å². The van der Waals surface area contributed by atoms with E-state index in [1.807, 2.05) is 18.2 Å². The fraction of sp³-hybridized carbons (Fsp3) is 0.111. The minimum atomic E-state index is -0.0921. The average molecular weight is 417 g/mol. The van der Waals surface area contributed by atoms with Gasteiger partial charge in [0.1, 0.15) is 0 Å². The van der Waals surface area contributed by atoms with Gasteiger partial charge < -0.3 is 0 Å². The van der Waals surface area contributed by atoms with Gasteiger partial charge in [-0.2, -0.15) is 0 Å². The van der Waals surface area contributed by atoms with Crippen LogP contribution in [0.15, 0.2) is 48.7 Å².